The molecule has 1 fully saturated rings. The van der Waals surface area contributed by atoms with E-state index in [-0.39, 0.29) is 18.1 Å². The molecule has 1 aliphatic rings. The monoisotopic (exact) mass is 704 g/mol. The van der Waals surface area contributed by atoms with Gasteiger partial charge in [0.2, 0.25) is 0 Å². The van der Waals surface area contributed by atoms with E-state index in [1.165, 1.54) is 17.5 Å². The van der Waals surface area contributed by atoms with Crippen LogP contribution in [0.3, 0.4) is 0 Å². The molecule has 1 heterocycles. The van der Waals surface area contributed by atoms with Crippen LogP contribution in [0.15, 0.2) is 84.6 Å². The highest BCUT2D eigenvalue weighted by molar-refractivity contribution is 14.1. The number of hydrogen-bond acceptors (Lipinski definition) is 3. The highest BCUT2D eigenvalue weighted by Gasteiger charge is 2.33. The molecule has 0 unspecified atom stereocenters. The first kappa shape index (κ1) is 24.7. The molecule has 0 bridgehead atoms. The summed E-state index contributed by atoms with van der Waals surface area (Å²) in [5.41, 5.74) is 2.73. The lowest BCUT2D eigenvalue weighted by atomic mass is 10.1. The predicted octanol–water partition coefficient (Wildman–Crippen LogP) is 6.86. The van der Waals surface area contributed by atoms with Crippen LogP contribution in [0.4, 0.5) is 9.18 Å². The first-order valence-corrected chi connectivity index (χ1v) is 13.2. The zero-order chi connectivity index (χ0) is 25.2. The molecule has 0 aromatic heterocycles. The van der Waals surface area contributed by atoms with Crippen LogP contribution in [0.25, 0.3) is 16.8 Å². The van der Waals surface area contributed by atoms with E-state index >= 15 is 0 Å². The number of carbonyl (C=O) groups excluding carboxylic acids is 2. The average molecular weight is 704 g/mol. The molecule has 36 heavy (non-hydrogen) atoms. The molecule has 3 amide bonds. The smallest absolute Gasteiger partial charge is 0.329 e. The minimum Gasteiger partial charge on any atom is -0.487 e. The van der Waals surface area contributed by atoms with Crippen molar-refractivity contribution in [2.24, 2.45) is 0 Å². The third kappa shape index (κ3) is 5.24. The topological polar surface area (TPSA) is 58.6 Å². The van der Waals surface area contributed by atoms with Crippen molar-refractivity contribution in [3.63, 3.8) is 0 Å². The van der Waals surface area contributed by atoms with Gasteiger partial charge in [-0.2, -0.15) is 0 Å². The Kier molecular flexibility index (Phi) is 7.24. The molecule has 8 heteroatoms. The van der Waals surface area contributed by atoms with Crippen LogP contribution in [0.1, 0.15) is 16.7 Å². The van der Waals surface area contributed by atoms with Gasteiger partial charge in [0.15, 0.2) is 0 Å². The molecule has 1 saturated heterocycles. The molecule has 4 aromatic rings. The summed E-state index contributed by atoms with van der Waals surface area (Å²) in [5.74, 6) is -0.0260. The zero-order valence-electron chi connectivity index (χ0n) is 18.8. The van der Waals surface area contributed by atoms with Crippen molar-refractivity contribution in [2.75, 3.05) is 0 Å². The Morgan fingerprint density at radius 3 is 2.36 bits per heavy atom. The lowest BCUT2D eigenvalue weighted by Gasteiger charge is -2.13. The lowest BCUT2D eigenvalue weighted by molar-refractivity contribution is -0.123. The number of ether oxygens (including phenoxy) is 1. The molecule has 0 aliphatic carbocycles. The SMILES string of the molecule is O=C1N/C(=C/c2cc(I)c(OCc3cccc4ccccc34)c(I)c2)C(=O)N1Cc1ccc(F)cc1. The van der Waals surface area contributed by atoms with Crippen molar-refractivity contribution in [3.8, 4) is 5.75 Å². The number of carbonyl (C=O) groups is 2. The molecule has 0 spiro atoms. The van der Waals surface area contributed by atoms with Gasteiger partial charge in [-0.3, -0.25) is 9.69 Å². The second kappa shape index (κ2) is 10.6. The van der Waals surface area contributed by atoms with Gasteiger partial charge >= 0.3 is 6.03 Å². The van der Waals surface area contributed by atoms with E-state index in [1.807, 2.05) is 30.3 Å². The minimum atomic E-state index is -0.505. The molecule has 180 valence electrons. The molecular formula is C28H19FI2N2O3. The molecular weight excluding hydrogens is 685 g/mol. The van der Waals surface area contributed by atoms with Gasteiger partial charge in [-0.25, -0.2) is 9.18 Å². The number of imide groups is 1. The van der Waals surface area contributed by atoms with Gasteiger partial charge in [0.25, 0.3) is 5.91 Å². The highest BCUT2D eigenvalue weighted by Crippen LogP contribution is 2.31. The summed E-state index contributed by atoms with van der Waals surface area (Å²) in [7, 11) is 0. The molecule has 1 aliphatic heterocycles. The molecule has 0 saturated carbocycles. The quantitative estimate of drug-likeness (QED) is 0.136. The number of amides is 3. The standard InChI is InChI=1S/C28H19FI2N2O3/c29-21-10-8-17(9-11-21)15-33-27(34)25(32-28(33)35)14-18-12-23(30)26(24(31)13-18)36-16-20-6-3-5-19-4-1-2-7-22(19)20/h1-14H,15-16H2,(H,32,35)/b25-14+. The summed E-state index contributed by atoms with van der Waals surface area (Å²) < 4.78 is 21.2. The fourth-order valence-electron chi connectivity index (χ4n) is 4.02. The summed E-state index contributed by atoms with van der Waals surface area (Å²) in [6, 6.07) is 23.4. The predicted molar refractivity (Wildman–Crippen MR) is 154 cm³/mol. The Hall–Kier alpha value is -2.99. The molecule has 5 rings (SSSR count). The van der Waals surface area contributed by atoms with Gasteiger partial charge < -0.3 is 10.1 Å². The Morgan fingerprint density at radius 2 is 1.61 bits per heavy atom. The normalized spacial score (nSPS) is 14.5. The second-order valence-electron chi connectivity index (χ2n) is 8.25. The van der Waals surface area contributed by atoms with Crippen LogP contribution in [-0.4, -0.2) is 16.8 Å². The van der Waals surface area contributed by atoms with E-state index in [2.05, 4.69) is 74.8 Å². The largest absolute Gasteiger partial charge is 0.487 e. The third-order valence-corrected chi connectivity index (χ3v) is 7.40. The number of fused-ring (bicyclic) bond motifs is 1. The summed E-state index contributed by atoms with van der Waals surface area (Å²) >= 11 is 4.44. The number of halogens is 3. The molecule has 1 N–H and O–H groups in total. The maximum absolute atomic E-state index is 13.2. The first-order valence-electron chi connectivity index (χ1n) is 11.1. The fourth-order valence-corrected chi connectivity index (χ4v) is 6.15. The summed E-state index contributed by atoms with van der Waals surface area (Å²) in [4.78, 5) is 26.4. The highest BCUT2D eigenvalue weighted by atomic mass is 127. The lowest BCUT2D eigenvalue weighted by Crippen LogP contribution is -2.30. The molecule has 5 nitrogen and oxygen atoms in total. The number of rotatable bonds is 6. The van der Waals surface area contributed by atoms with Gasteiger partial charge in [0.05, 0.1) is 13.7 Å². The number of benzene rings is 4. The van der Waals surface area contributed by atoms with Crippen LogP contribution >= 0.6 is 45.2 Å². The van der Waals surface area contributed by atoms with E-state index < -0.39 is 11.9 Å². The minimum absolute atomic E-state index is 0.0678. The number of urea groups is 1. The summed E-state index contributed by atoms with van der Waals surface area (Å²) in [6.07, 6.45) is 1.66. The summed E-state index contributed by atoms with van der Waals surface area (Å²) in [6.45, 7) is 0.499. The average Bonchev–Trinajstić information content (AvgIpc) is 3.12. The van der Waals surface area contributed by atoms with Gasteiger partial charge in [-0.15, -0.1) is 0 Å². The van der Waals surface area contributed by atoms with Crippen molar-refractivity contribution in [1.29, 1.82) is 0 Å². The van der Waals surface area contributed by atoms with Crippen molar-refractivity contribution < 1.29 is 18.7 Å². The maximum Gasteiger partial charge on any atom is 0.329 e. The summed E-state index contributed by atoms with van der Waals surface area (Å²) in [5, 5.41) is 4.97. The second-order valence-corrected chi connectivity index (χ2v) is 10.6. The third-order valence-electron chi connectivity index (χ3n) is 5.80. The van der Waals surface area contributed by atoms with E-state index in [9.17, 15) is 14.0 Å². The van der Waals surface area contributed by atoms with Crippen molar-refractivity contribution in [1.82, 2.24) is 10.2 Å². The van der Waals surface area contributed by atoms with E-state index in [0.717, 1.165) is 34.3 Å². The van der Waals surface area contributed by atoms with Gasteiger partial charge in [-0.1, -0.05) is 54.6 Å². The van der Waals surface area contributed by atoms with E-state index in [4.69, 9.17) is 4.74 Å². The van der Waals surface area contributed by atoms with Gasteiger partial charge in [0.1, 0.15) is 23.9 Å². The number of nitrogens with zero attached hydrogens (tertiary/aromatic N) is 1. The Labute approximate surface area is 234 Å². The van der Waals surface area contributed by atoms with Crippen molar-refractivity contribution in [3.05, 3.63) is 114 Å². The van der Waals surface area contributed by atoms with Crippen LogP contribution in [0, 0.1) is 13.0 Å². The fraction of sp³-hybridized carbons (Fsp3) is 0.0714. The van der Waals surface area contributed by atoms with Crippen molar-refractivity contribution in [2.45, 2.75) is 13.2 Å². The van der Waals surface area contributed by atoms with E-state index in [0.29, 0.717) is 12.2 Å². The van der Waals surface area contributed by atoms with Crippen LogP contribution in [-0.2, 0) is 17.9 Å². The Balaban J connectivity index is 1.33. The number of hydrogen-bond donors (Lipinski definition) is 1. The van der Waals surface area contributed by atoms with Crippen LogP contribution in [0.2, 0.25) is 0 Å². The Bertz CT molecular complexity index is 1490. The maximum atomic E-state index is 13.2. The number of nitrogens with one attached hydrogen (secondary N) is 1. The first-order chi connectivity index (χ1) is 17.4. The molecule has 0 atom stereocenters. The Morgan fingerprint density at radius 1 is 0.917 bits per heavy atom. The molecule has 4 aromatic carbocycles. The van der Waals surface area contributed by atoms with E-state index in [1.54, 1.807) is 18.2 Å². The molecule has 0 radical (unpaired) electrons. The van der Waals surface area contributed by atoms with Crippen LogP contribution in [0.5, 0.6) is 5.75 Å². The zero-order valence-corrected chi connectivity index (χ0v) is 23.1. The van der Waals surface area contributed by atoms with Gasteiger partial charge in [-0.05, 0) is 103 Å². The van der Waals surface area contributed by atoms with Gasteiger partial charge in [0, 0.05) is 0 Å². The van der Waals surface area contributed by atoms with Crippen molar-refractivity contribution >= 4 is 74.0 Å². The van der Waals surface area contributed by atoms with Crippen LogP contribution < -0.4 is 10.1 Å².